The van der Waals surface area contributed by atoms with Crippen LogP contribution in [0.3, 0.4) is 0 Å². The average molecular weight is 326 g/mol. The summed E-state index contributed by atoms with van der Waals surface area (Å²) < 4.78 is 0. The zero-order chi connectivity index (χ0) is 17.5. The average Bonchev–Trinajstić information content (AvgIpc) is 2.59. The molecule has 6 heteroatoms. The van der Waals surface area contributed by atoms with Gasteiger partial charge in [0.1, 0.15) is 5.69 Å². The minimum Gasteiger partial charge on any atom is -0.340 e. The van der Waals surface area contributed by atoms with Crippen molar-refractivity contribution in [1.82, 2.24) is 14.9 Å². The first-order chi connectivity index (χ1) is 11.5. The van der Waals surface area contributed by atoms with Crippen molar-refractivity contribution in [2.75, 3.05) is 18.9 Å². The van der Waals surface area contributed by atoms with Gasteiger partial charge >= 0.3 is 0 Å². The number of nitrogens with one attached hydrogen (secondary N) is 1. The summed E-state index contributed by atoms with van der Waals surface area (Å²) in [7, 11) is 1.77. The molecule has 0 aliphatic carbocycles. The van der Waals surface area contributed by atoms with Crippen molar-refractivity contribution in [3.8, 4) is 0 Å². The molecular weight excluding hydrogens is 304 g/mol. The van der Waals surface area contributed by atoms with Crippen molar-refractivity contribution in [2.45, 2.75) is 26.7 Å². The van der Waals surface area contributed by atoms with Crippen molar-refractivity contribution in [3.05, 3.63) is 47.8 Å². The number of hydrogen-bond donors (Lipinski definition) is 1. The molecule has 0 spiro atoms. The Hall–Kier alpha value is -2.76. The highest BCUT2D eigenvalue weighted by molar-refractivity contribution is 5.94. The van der Waals surface area contributed by atoms with E-state index in [4.69, 9.17) is 0 Å². The number of ketones is 1. The van der Waals surface area contributed by atoms with Gasteiger partial charge in [0.25, 0.3) is 5.91 Å². The largest absolute Gasteiger partial charge is 0.340 e. The van der Waals surface area contributed by atoms with E-state index < -0.39 is 0 Å². The molecule has 0 atom stereocenters. The zero-order valence-corrected chi connectivity index (χ0v) is 14.2. The predicted octanol–water partition coefficient (Wildman–Crippen LogP) is 3.29. The molecule has 1 N–H and O–H groups in total. The molecule has 0 radical (unpaired) electrons. The van der Waals surface area contributed by atoms with Gasteiger partial charge in [0.05, 0.1) is 0 Å². The molecule has 2 aromatic rings. The first-order valence-corrected chi connectivity index (χ1v) is 7.97. The van der Waals surface area contributed by atoms with Crippen LogP contribution in [-0.4, -0.2) is 40.2 Å². The highest BCUT2D eigenvalue weighted by Gasteiger charge is 2.13. The van der Waals surface area contributed by atoms with Crippen molar-refractivity contribution < 1.29 is 9.59 Å². The van der Waals surface area contributed by atoms with Crippen LogP contribution in [0.4, 0.5) is 11.6 Å². The van der Waals surface area contributed by atoms with Crippen LogP contribution in [0.2, 0.25) is 0 Å². The van der Waals surface area contributed by atoms with Gasteiger partial charge in [0.15, 0.2) is 5.78 Å². The molecule has 0 aliphatic rings. The molecule has 6 nitrogen and oxygen atoms in total. The second-order valence-electron chi connectivity index (χ2n) is 5.60. The van der Waals surface area contributed by atoms with Gasteiger partial charge in [0, 0.05) is 31.0 Å². The number of benzene rings is 1. The minimum atomic E-state index is -0.124. The maximum absolute atomic E-state index is 12.3. The third-order valence-corrected chi connectivity index (χ3v) is 3.62. The Bertz CT molecular complexity index is 713. The summed E-state index contributed by atoms with van der Waals surface area (Å²) in [4.78, 5) is 33.7. The number of aromatic nitrogens is 2. The van der Waals surface area contributed by atoms with E-state index in [1.807, 2.05) is 0 Å². The van der Waals surface area contributed by atoms with Crippen LogP contribution < -0.4 is 5.32 Å². The summed E-state index contributed by atoms with van der Waals surface area (Å²) in [6.45, 7) is 4.31. The quantitative estimate of drug-likeness (QED) is 0.790. The lowest BCUT2D eigenvalue weighted by Crippen LogP contribution is -2.28. The molecule has 0 unspecified atom stereocenters. The molecule has 1 heterocycles. The smallest absolute Gasteiger partial charge is 0.272 e. The van der Waals surface area contributed by atoms with E-state index in [1.54, 1.807) is 48.5 Å². The lowest BCUT2D eigenvalue weighted by atomic mass is 10.1. The molecule has 0 aliphatic heterocycles. The van der Waals surface area contributed by atoms with E-state index in [0.29, 0.717) is 23.8 Å². The molecule has 1 aromatic carbocycles. The summed E-state index contributed by atoms with van der Waals surface area (Å²) >= 11 is 0. The van der Waals surface area contributed by atoms with Crippen LogP contribution in [0.5, 0.6) is 0 Å². The molecule has 0 saturated carbocycles. The zero-order valence-electron chi connectivity index (χ0n) is 14.2. The molecule has 1 aromatic heterocycles. The number of unbranched alkanes of at least 4 members (excludes halogenated alkanes) is 1. The third-order valence-electron chi connectivity index (χ3n) is 3.62. The number of rotatable bonds is 7. The maximum Gasteiger partial charge on any atom is 0.272 e. The first kappa shape index (κ1) is 17.6. The Morgan fingerprint density at radius 3 is 2.50 bits per heavy atom. The molecule has 0 bridgehead atoms. The van der Waals surface area contributed by atoms with Crippen molar-refractivity contribution in [2.24, 2.45) is 0 Å². The first-order valence-electron chi connectivity index (χ1n) is 7.97. The number of amides is 1. The Kier molecular flexibility index (Phi) is 6.01. The van der Waals surface area contributed by atoms with Crippen molar-refractivity contribution in [1.29, 1.82) is 0 Å². The molecule has 24 heavy (non-hydrogen) atoms. The standard InChI is InChI=1S/C18H22N4O2/c1-4-5-12-22(3)17(24)16-10-11-19-18(21-16)20-15-8-6-14(7-9-15)13(2)23/h6-11H,4-5,12H2,1-3H3,(H,19,20,21). The second kappa shape index (κ2) is 8.19. The van der Waals surface area contributed by atoms with Crippen LogP contribution in [0.15, 0.2) is 36.5 Å². The summed E-state index contributed by atoms with van der Waals surface area (Å²) in [5.41, 5.74) is 1.75. The van der Waals surface area contributed by atoms with Crippen LogP contribution >= 0.6 is 0 Å². The number of Topliss-reactive ketones (excluding diaryl/α,β-unsaturated/α-hetero) is 1. The summed E-state index contributed by atoms with van der Waals surface area (Å²) in [5, 5.41) is 3.04. The van der Waals surface area contributed by atoms with Gasteiger partial charge in [0.2, 0.25) is 5.95 Å². The third kappa shape index (κ3) is 4.62. The number of hydrogen-bond acceptors (Lipinski definition) is 5. The number of nitrogens with zero attached hydrogens (tertiary/aromatic N) is 3. The van der Waals surface area contributed by atoms with Gasteiger partial charge < -0.3 is 10.2 Å². The van der Waals surface area contributed by atoms with Gasteiger partial charge in [-0.1, -0.05) is 13.3 Å². The van der Waals surface area contributed by atoms with Gasteiger partial charge in [-0.05, 0) is 43.7 Å². The molecule has 1 amide bonds. The van der Waals surface area contributed by atoms with E-state index in [9.17, 15) is 9.59 Å². The van der Waals surface area contributed by atoms with E-state index in [0.717, 1.165) is 18.5 Å². The second-order valence-corrected chi connectivity index (χ2v) is 5.60. The van der Waals surface area contributed by atoms with E-state index in [2.05, 4.69) is 22.2 Å². The van der Waals surface area contributed by atoms with E-state index in [-0.39, 0.29) is 11.7 Å². The van der Waals surface area contributed by atoms with Crippen LogP contribution in [0.1, 0.15) is 47.5 Å². The molecule has 2 rings (SSSR count). The monoisotopic (exact) mass is 326 g/mol. The van der Waals surface area contributed by atoms with Crippen LogP contribution in [0, 0.1) is 0 Å². The lowest BCUT2D eigenvalue weighted by Gasteiger charge is -2.16. The number of carbonyl (C=O) groups excluding carboxylic acids is 2. The fraction of sp³-hybridized carbons (Fsp3) is 0.333. The SMILES string of the molecule is CCCCN(C)C(=O)c1ccnc(Nc2ccc(C(C)=O)cc2)n1. The summed E-state index contributed by atoms with van der Waals surface area (Å²) in [5.74, 6) is 0.238. The Morgan fingerprint density at radius 2 is 1.88 bits per heavy atom. The Morgan fingerprint density at radius 1 is 1.17 bits per heavy atom. The fourth-order valence-corrected chi connectivity index (χ4v) is 2.15. The summed E-state index contributed by atoms with van der Waals surface area (Å²) in [6, 6.07) is 8.63. The van der Waals surface area contributed by atoms with Gasteiger partial charge in [-0.2, -0.15) is 0 Å². The fourth-order valence-electron chi connectivity index (χ4n) is 2.15. The normalized spacial score (nSPS) is 10.3. The number of anilines is 2. The highest BCUT2D eigenvalue weighted by Crippen LogP contribution is 2.15. The Balaban J connectivity index is 2.09. The Labute approximate surface area is 141 Å². The number of carbonyl (C=O) groups is 2. The van der Waals surface area contributed by atoms with E-state index >= 15 is 0 Å². The van der Waals surface area contributed by atoms with E-state index in [1.165, 1.54) is 6.92 Å². The highest BCUT2D eigenvalue weighted by atomic mass is 16.2. The molecule has 0 fully saturated rings. The van der Waals surface area contributed by atoms with Gasteiger partial charge in [-0.15, -0.1) is 0 Å². The van der Waals surface area contributed by atoms with Gasteiger partial charge in [-0.3, -0.25) is 9.59 Å². The summed E-state index contributed by atoms with van der Waals surface area (Å²) in [6.07, 6.45) is 3.55. The van der Waals surface area contributed by atoms with Crippen molar-refractivity contribution in [3.63, 3.8) is 0 Å². The molecular formula is C18H22N4O2. The molecule has 126 valence electrons. The van der Waals surface area contributed by atoms with Crippen molar-refractivity contribution >= 4 is 23.3 Å². The lowest BCUT2D eigenvalue weighted by molar-refractivity contribution is 0.0787. The van der Waals surface area contributed by atoms with Crippen LogP contribution in [0.25, 0.3) is 0 Å². The van der Waals surface area contributed by atoms with Crippen LogP contribution in [-0.2, 0) is 0 Å². The maximum atomic E-state index is 12.3. The van der Waals surface area contributed by atoms with Gasteiger partial charge in [-0.25, -0.2) is 9.97 Å². The topological polar surface area (TPSA) is 75.2 Å². The molecule has 0 saturated heterocycles. The minimum absolute atomic E-state index is 0.0144. The predicted molar refractivity (Wildman–Crippen MR) is 93.6 cm³/mol.